The number of thiazole rings is 1. The van der Waals surface area contributed by atoms with E-state index in [-0.39, 0.29) is 11.9 Å². The molecule has 1 N–H and O–H groups in total. The van der Waals surface area contributed by atoms with Crippen LogP contribution in [0, 0.1) is 5.92 Å². The van der Waals surface area contributed by atoms with Crippen molar-refractivity contribution in [3.63, 3.8) is 0 Å². The molecule has 25 heavy (non-hydrogen) atoms. The lowest BCUT2D eigenvalue weighted by Crippen LogP contribution is -2.62. The quantitative estimate of drug-likeness (QED) is 0.880. The maximum atomic E-state index is 12.6. The minimum absolute atomic E-state index is 0.121. The highest BCUT2D eigenvalue weighted by Gasteiger charge is 2.40. The Balaban J connectivity index is 1.43. The summed E-state index contributed by atoms with van der Waals surface area (Å²) in [5, 5.41) is 4.70. The lowest BCUT2D eigenvalue weighted by molar-refractivity contribution is 0.0217. The third kappa shape index (κ3) is 3.38. The Morgan fingerprint density at radius 2 is 2.12 bits per heavy atom. The highest BCUT2D eigenvalue weighted by Crippen LogP contribution is 2.34. The van der Waals surface area contributed by atoms with Crippen LogP contribution in [0.5, 0.6) is 10.8 Å². The summed E-state index contributed by atoms with van der Waals surface area (Å²) in [6.07, 6.45) is 3.89. The molecule has 0 radical (unpaired) electrons. The zero-order chi connectivity index (χ0) is 17.4. The van der Waals surface area contributed by atoms with Crippen LogP contribution >= 0.6 is 22.9 Å². The summed E-state index contributed by atoms with van der Waals surface area (Å²) in [6, 6.07) is 7.83. The van der Waals surface area contributed by atoms with Crippen LogP contribution in [0.15, 0.2) is 30.5 Å². The molecule has 7 heteroatoms. The van der Waals surface area contributed by atoms with Crippen molar-refractivity contribution in [2.45, 2.75) is 31.8 Å². The molecule has 0 aliphatic carbocycles. The van der Waals surface area contributed by atoms with Crippen molar-refractivity contribution in [2.75, 3.05) is 13.1 Å². The molecule has 0 saturated carbocycles. The van der Waals surface area contributed by atoms with Crippen LogP contribution < -0.4 is 10.1 Å². The predicted octanol–water partition coefficient (Wildman–Crippen LogP) is 3.80. The molecule has 132 valence electrons. The Morgan fingerprint density at radius 3 is 2.84 bits per heavy atom. The Hall–Kier alpha value is -1.63. The molecule has 2 atom stereocenters. The number of fused-ring (bicyclic) bond motifs is 3. The first-order valence-corrected chi connectivity index (χ1v) is 9.74. The number of carbonyl (C=O) groups excluding carboxylic acids is 1. The number of hydrogen-bond donors (Lipinski definition) is 1. The van der Waals surface area contributed by atoms with Gasteiger partial charge in [-0.15, -0.1) is 0 Å². The van der Waals surface area contributed by atoms with E-state index in [2.05, 4.69) is 22.1 Å². The highest BCUT2D eigenvalue weighted by atomic mass is 35.5. The molecule has 5 rings (SSSR count). The van der Waals surface area contributed by atoms with Crippen molar-refractivity contribution < 1.29 is 9.53 Å². The molecule has 3 aliphatic heterocycles. The molecule has 1 aromatic heterocycles. The summed E-state index contributed by atoms with van der Waals surface area (Å²) in [6.45, 7) is 4.49. The van der Waals surface area contributed by atoms with E-state index in [0.717, 1.165) is 25.9 Å². The van der Waals surface area contributed by atoms with Crippen LogP contribution in [0.1, 0.15) is 29.6 Å². The molecule has 5 nitrogen and oxygen atoms in total. The van der Waals surface area contributed by atoms with Crippen LogP contribution in [0.4, 0.5) is 0 Å². The lowest BCUT2D eigenvalue weighted by Gasteiger charge is -2.49. The van der Waals surface area contributed by atoms with Gasteiger partial charge in [0.15, 0.2) is 5.01 Å². The number of piperidine rings is 3. The first-order chi connectivity index (χ1) is 12.1. The third-order valence-electron chi connectivity index (χ3n) is 5.20. The second-order valence-electron chi connectivity index (χ2n) is 6.63. The molecule has 3 fully saturated rings. The fraction of sp³-hybridized carbons (Fsp3) is 0.444. The average molecular weight is 378 g/mol. The number of para-hydroxylation sites is 1. The number of carbonyl (C=O) groups is 1. The molecule has 0 spiro atoms. The smallest absolute Gasteiger partial charge is 0.280 e. The fourth-order valence-electron chi connectivity index (χ4n) is 3.81. The van der Waals surface area contributed by atoms with Crippen molar-refractivity contribution in [2.24, 2.45) is 5.92 Å². The van der Waals surface area contributed by atoms with Gasteiger partial charge in [-0.1, -0.05) is 35.1 Å². The first-order valence-electron chi connectivity index (χ1n) is 8.55. The van der Waals surface area contributed by atoms with Crippen molar-refractivity contribution >= 4 is 28.8 Å². The van der Waals surface area contributed by atoms with E-state index in [1.165, 1.54) is 11.3 Å². The van der Waals surface area contributed by atoms with E-state index in [0.29, 0.717) is 32.8 Å². The van der Waals surface area contributed by atoms with Crippen LogP contribution in [-0.4, -0.2) is 41.0 Å². The van der Waals surface area contributed by atoms with E-state index >= 15 is 0 Å². The molecule has 2 unspecified atom stereocenters. The van der Waals surface area contributed by atoms with Crippen LogP contribution in [0.25, 0.3) is 0 Å². The van der Waals surface area contributed by atoms with E-state index in [9.17, 15) is 4.79 Å². The fourth-order valence-corrected chi connectivity index (χ4v) is 4.66. The largest absolute Gasteiger partial charge is 0.443 e. The lowest BCUT2D eigenvalue weighted by atomic mass is 9.79. The summed E-state index contributed by atoms with van der Waals surface area (Å²) in [5.74, 6) is 1.01. The van der Waals surface area contributed by atoms with Crippen LogP contribution in [0.2, 0.25) is 5.02 Å². The van der Waals surface area contributed by atoms with E-state index in [4.69, 9.17) is 16.3 Å². The van der Waals surface area contributed by atoms with Crippen molar-refractivity contribution in [3.8, 4) is 10.8 Å². The van der Waals surface area contributed by atoms with Gasteiger partial charge in [0.2, 0.25) is 5.06 Å². The number of nitrogens with one attached hydrogen (secondary N) is 1. The molecular formula is C18H20ClN3O2S. The Kier molecular flexibility index (Phi) is 4.67. The SMILES string of the molecule is CC1C(NC(=O)c2ncc(Oc3ccccc3Cl)s2)C2CCN1CC2. The zero-order valence-electron chi connectivity index (χ0n) is 13.9. The number of halogens is 1. The van der Waals surface area contributed by atoms with Gasteiger partial charge < -0.3 is 10.1 Å². The normalized spacial score (nSPS) is 27.9. The first kappa shape index (κ1) is 16.8. The van der Waals surface area contributed by atoms with E-state index < -0.39 is 0 Å². The van der Waals surface area contributed by atoms with Gasteiger partial charge in [-0.2, -0.15) is 0 Å². The average Bonchev–Trinajstić information content (AvgIpc) is 3.09. The number of aromatic nitrogens is 1. The van der Waals surface area contributed by atoms with Gasteiger partial charge >= 0.3 is 0 Å². The molecule has 4 heterocycles. The van der Waals surface area contributed by atoms with Crippen molar-refractivity contribution in [1.82, 2.24) is 15.2 Å². The molecule has 1 amide bonds. The van der Waals surface area contributed by atoms with Crippen molar-refractivity contribution in [1.29, 1.82) is 0 Å². The number of rotatable bonds is 4. The van der Waals surface area contributed by atoms with Crippen LogP contribution in [0.3, 0.4) is 0 Å². The Bertz CT molecular complexity index is 771. The second-order valence-corrected chi connectivity index (χ2v) is 8.03. The van der Waals surface area contributed by atoms with E-state index in [1.807, 2.05) is 12.1 Å². The number of amides is 1. The maximum absolute atomic E-state index is 12.6. The minimum atomic E-state index is -0.121. The summed E-state index contributed by atoms with van der Waals surface area (Å²) >= 11 is 7.34. The van der Waals surface area contributed by atoms with Gasteiger partial charge in [-0.3, -0.25) is 9.69 Å². The number of hydrogen-bond acceptors (Lipinski definition) is 5. The predicted molar refractivity (Wildman–Crippen MR) is 98.7 cm³/mol. The minimum Gasteiger partial charge on any atom is -0.443 e. The number of ether oxygens (including phenoxy) is 1. The van der Waals surface area contributed by atoms with Crippen molar-refractivity contribution in [3.05, 3.63) is 40.5 Å². The van der Waals surface area contributed by atoms with Gasteiger partial charge in [0, 0.05) is 12.1 Å². The molecule has 2 aromatic rings. The Labute approximate surface area is 156 Å². The molecule has 3 saturated heterocycles. The zero-order valence-corrected chi connectivity index (χ0v) is 15.5. The number of benzene rings is 1. The van der Waals surface area contributed by atoms with Gasteiger partial charge in [0.25, 0.3) is 5.91 Å². The second kappa shape index (κ2) is 6.94. The molecule has 1 aromatic carbocycles. The summed E-state index contributed by atoms with van der Waals surface area (Å²) in [7, 11) is 0. The molecule has 3 aliphatic rings. The monoisotopic (exact) mass is 377 g/mol. The molecule has 2 bridgehead atoms. The summed E-state index contributed by atoms with van der Waals surface area (Å²) in [5.41, 5.74) is 0. The topological polar surface area (TPSA) is 54.5 Å². The van der Waals surface area contributed by atoms with E-state index in [1.54, 1.807) is 18.3 Å². The van der Waals surface area contributed by atoms with Gasteiger partial charge in [0.05, 0.1) is 11.2 Å². The van der Waals surface area contributed by atoms with Gasteiger partial charge in [-0.25, -0.2) is 4.98 Å². The summed E-state index contributed by atoms with van der Waals surface area (Å²) in [4.78, 5) is 19.3. The number of nitrogens with zero attached hydrogens (tertiary/aromatic N) is 2. The third-order valence-corrected chi connectivity index (χ3v) is 6.39. The highest BCUT2D eigenvalue weighted by molar-refractivity contribution is 7.15. The summed E-state index contributed by atoms with van der Waals surface area (Å²) < 4.78 is 5.74. The maximum Gasteiger partial charge on any atom is 0.280 e. The Morgan fingerprint density at radius 1 is 1.36 bits per heavy atom. The van der Waals surface area contributed by atoms with Crippen LogP contribution in [-0.2, 0) is 0 Å². The standard InChI is InChI=1S/C18H20ClN3O2S/c1-11-16(12-6-8-22(11)9-7-12)21-17(23)18-20-10-15(25-18)24-14-5-3-2-4-13(14)19/h2-5,10-12,16H,6-9H2,1H3,(H,21,23). The van der Waals surface area contributed by atoms with Gasteiger partial charge in [0.1, 0.15) is 5.75 Å². The van der Waals surface area contributed by atoms with Gasteiger partial charge in [-0.05, 0) is 50.9 Å². The molecular weight excluding hydrogens is 358 g/mol.